The predicted octanol–water partition coefficient (Wildman–Crippen LogP) is 3.96. The number of halogens is 1. The van der Waals surface area contributed by atoms with Gasteiger partial charge in [-0.2, -0.15) is 0 Å². The third kappa shape index (κ3) is 4.45. The molecule has 2 heterocycles. The van der Waals surface area contributed by atoms with E-state index in [-0.39, 0.29) is 5.56 Å². The number of allylic oxidation sites excluding steroid dienone is 1. The first-order valence-electron chi connectivity index (χ1n) is 10.6. The second-order valence-electron chi connectivity index (χ2n) is 7.31. The fraction of sp³-hybridized carbons (Fsp3) is 0.240. The zero-order valence-corrected chi connectivity index (χ0v) is 20.9. The summed E-state index contributed by atoms with van der Waals surface area (Å²) in [7, 11) is 1.35. The van der Waals surface area contributed by atoms with Gasteiger partial charge in [-0.15, -0.1) is 0 Å². The monoisotopic (exact) mass is 526 g/mol. The Bertz CT molecular complexity index is 1410. The van der Waals surface area contributed by atoms with Crippen molar-refractivity contribution in [1.82, 2.24) is 4.57 Å². The summed E-state index contributed by atoms with van der Waals surface area (Å²) in [6.45, 7) is 4.37. The molecule has 0 amide bonds. The molecule has 1 atom stereocenters. The molecular formula is C25H23BrN2O4S. The Morgan fingerprint density at radius 2 is 1.97 bits per heavy atom. The Morgan fingerprint density at radius 1 is 1.21 bits per heavy atom. The quantitative estimate of drug-likeness (QED) is 0.456. The van der Waals surface area contributed by atoms with Crippen LogP contribution in [0.15, 0.2) is 74.1 Å². The highest BCUT2D eigenvalue weighted by atomic mass is 79.9. The van der Waals surface area contributed by atoms with Crippen LogP contribution in [-0.2, 0) is 9.53 Å². The van der Waals surface area contributed by atoms with Gasteiger partial charge in [-0.05, 0) is 43.2 Å². The lowest BCUT2D eigenvalue weighted by Crippen LogP contribution is -2.40. The number of carbonyl (C=O) groups is 1. The van der Waals surface area contributed by atoms with Crippen molar-refractivity contribution in [3.8, 4) is 5.75 Å². The molecule has 0 bridgehead atoms. The molecule has 8 heteroatoms. The molecule has 2 aromatic carbocycles. The van der Waals surface area contributed by atoms with E-state index in [1.54, 1.807) is 4.57 Å². The van der Waals surface area contributed by atoms with Crippen LogP contribution in [0.2, 0.25) is 0 Å². The van der Waals surface area contributed by atoms with Gasteiger partial charge >= 0.3 is 5.97 Å². The average Bonchev–Trinajstić information content (AvgIpc) is 3.14. The van der Waals surface area contributed by atoms with Crippen LogP contribution in [0.4, 0.5) is 0 Å². The number of thiazole rings is 1. The number of rotatable bonds is 6. The van der Waals surface area contributed by atoms with E-state index in [4.69, 9.17) is 9.47 Å². The lowest BCUT2D eigenvalue weighted by Gasteiger charge is -2.25. The van der Waals surface area contributed by atoms with Crippen molar-refractivity contribution in [3.63, 3.8) is 0 Å². The molecule has 0 N–H and O–H groups in total. The van der Waals surface area contributed by atoms with Crippen LogP contribution < -0.4 is 19.6 Å². The second kappa shape index (κ2) is 9.89. The Morgan fingerprint density at radius 3 is 2.64 bits per heavy atom. The molecule has 1 aromatic heterocycles. The minimum absolute atomic E-state index is 0.216. The minimum atomic E-state index is -0.610. The van der Waals surface area contributed by atoms with E-state index in [9.17, 15) is 9.59 Å². The number of hydrogen-bond acceptors (Lipinski definition) is 6. The van der Waals surface area contributed by atoms with Crippen LogP contribution >= 0.6 is 27.3 Å². The number of nitrogens with zero attached hydrogens (tertiary/aromatic N) is 2. The van der Waals surface area contributed by atoms with Crippen molar-refractivity contribution in [2.75, 3.05) is 13.7 Å². The molecule has 0 spiro atoms. The van der Waals surface area contributed by atoms with Crippen molar-refractivity contribution >= 4 is 39.3 Å². The van der Waals surface area contributed by atoms with Crippen LogP contribution in [0.3, 0.4) is 0 Å². The lowest BCUT2D eigenvalue weighted by molar-refractivity contribution is -0.136. The first-order chi connectivity index (χ1) is 16.0. The van der Waals surface area contributed by atoms with Crippen molar-refractivity contribution in [3.05, 3.63) is 95.1 Å². The predicted molar refractivity (Wildman–Crippen MR) is 132 cm³/mol. The molecule has 1 aliphatic heterocycles. The summed E-state index contributed by atoms with van der Waals surface area (Å²) < 4.78 is 13.8. The molecule has 4 rings (SSSR count). The fourth-order valence-electron chi connectivity index (χ4n) is 3.88. The highest BCUT2D eigenvalue weighted by molar-refractivity contribution is 9.10. The molecule has 3 aromatic rings. The number of hydrogen-bond donors (Lipinski definition) is 0. The van der Waals surface area contributed by atoms with E-state index >= 15 is 0 Å². The first-order valence-corrected chi connectivity index (χ1v) is 12.2. The van der Waals surface area contributed by atoms with Gasteiger partial charge in [0.2, 0.25) is 0 Å². The molecule has 0 saturated carbocycles. The van der Waals surface area contributed by atoms with E-state index in [0.29, 0.717) is 39.4 Å². The van der Waals surface area contributed by atoms with Gasteiger partial charge in [0.25, 0.3) is 5.56 Å². The summed E-state index contributed by atoms with van der Waals surface area (Å²) in [5.74, 6) is 0.208. The summed E-state index contributed by atoms with van der Waals surface area (Å²) >= 11 is 4.79. The summed E-state index contributed by atoms with van der Waals surface area (Å²) in [5.41, 5.74) is 2.41. The number of aromatic nitrogens is 1. The fourth-order valence-corrected chi connectivity index (χ4v) is 5.26. The normalized spacial score (nSPS) is 15.8. The van der Waals surface area contributed by atoms with Crippen LogP contribution in [0.5, 0.6) is 5.75 Å². The molecule has 0 unspecified atom stereocenters. The van der Waals surface area contributed by atoms with Gasteiger partial charge in [0.15, 0.2) is 4.80 Å². The third-order valence-electron chi connectivity index (χ3n) is 5.32. The first kappa shape index (κ1) is 23.2. The zero-order valence-electron chi connectivity index (χ0n) is 18.5. The standard InChI is InChI=1S/C25H23BrN2O4S/c1-4-18-21(24(30)31-3)22(15-9-7-6-8-10-15)28-23(29)20(33-25(28)27-18)14-16-13-17(26)11-12-19(16)32-5-2/h6-14,22H,4-5H2,1-3H3/b20-14-/t22-/m0/s1. The second-order valence-corrected chi connectivity index (χ2v) is 9.24. The van der Waals surface area contributed by atoms with E-state index in [0.717, 1.165) is 15.6 Å². The zero-order chi connectivity index (χ0) is 23.5. The number of methoxy groups -OCH3 is 1. The Kier molecular flexibility index (Phi) is 6.95. The number of esters is 1. The topological polar surface area (TPSA) is 69.9 Å². The number of benzene rings is 2. The average molecular weight is 527 g/mol. The lowest BCUT2D eigenvalue weighted by atomic mass is 9.95. The summed E-state index contributed by atoms with van der Waals surface area (Å²) in [5, 5.41) is 0. The summed E-state index contributed by atoms with van der Waals surface area (Å²) in [6, 6.07) is 14.6. The Balaban J connectivity index is 1.99. The number of ether oxygens (including phenoxy) is 2. The Labute approximate surface area is 203 Å². The van der Waals surface area contributed by atoms with Gasteiger partial charge in [-0.3, -0.25) is 9.36 Å². The van der Waals surface area contributed by atoms with Gasteiger partial charge in [-0.25, -0.2) is 9.79 Å². The molecular weight excluding hydrogens is 504 g/mol. The maximum absolute atomic E-state index is 13.7. The maximum atomic E-state index is 13.7. The molecule has 0 radical (unpaired) electrons. The van der Waals surface area contributed by atoms with E-state index in [1.165, 1.54) is 18.4 Å². The smallest absolute Gasteiger partial charge is 0.338 e. The third-order valence-corrected chi connectivity index (χ3v) is 6.80. The Hall–Kier alpha value is -2.97. The molecule has 1 aliphatic rings. The molecule has 0 saturated heterocycles. The maximum Gasteiger partial charge on any atom is 0.338 e. The molecule has 0 fully saturated rings. The largest absolute Gasteiger partial charge is 0.493 e. The molecule has 170 valence electrons. The van der Waals surface area contributed by atoms with E-state index < -0.39 is 12.0 Å². The van der Waals surface area contributed by atoms with Gasteiger partial charge < -0.3 is 9.47 Å². The van der Waals surface area contributed by atoms with Gasteiger partial charge in [0.05, 0.1) is 35.6 Å². The highest BCUT2D eigenvalue weighted by Crippen LogP contribution is 2.31. The van der Waals surface area contributed by atoms with E-state index in [1.807, 2.05) is 68.5 Å². The highest BCUT2D eigenvalue weighted by Gasteiger charge is 2.33. The van der Waals surface area contributed by atoms with Crippen molar-refractivity contribution < 1.29 is 14.3 Å². The molecule has 6 nitrogen and oxygen atoms in total. The van der Waals surface area contributed by atoms with Crippen molar-refractivity contribution in [2.45, 2.75) is 26.3 Å². The summed E-state index contributed by atoms with van der Waals surface area (Å²) in [4.78, 5) is 31.7. The van der Waals surface area contributed by atoms with Gasteiger partial charge in [-0.1, -0.05) is 64.5 Å². The van der Waals surface area contributed by atoms with Gasteiger partial charge in [0, 0.05) is 10.0 Å². The molecule has 33 heavy (non-hydrogen) atoms. The minimum Gasteiger partial charge on any atom is -0.493 e. The SMILES string of the molecule is CCOc1ccc(Br)cc1/C=c1\sc2n(c1=O)[C@@H](c1ccccc1)C(C(=O)OC)=C(CC)N=2. The number of fused-ring (bicyclic) bond motifs is 1. The van der Waals surface area contributed by atoms with E-state index in [2.05, 4.69) is 20.9 Å². The van der Waals surface area contributed by atoms with Crippen LogP contribution in [-0.4, -0.2) is 24.3 Å². The van der Waals surface area contributed by atoms with Crippen LogP contribution in [0.25, 0.3) is 6.08 Å². The molecule has 0 aliphatic carbocycles. The van der Waals surface area contributed by atoms with Crippen molar-refractivity contribution in [2.24, 2.45) is 4.99 Å². The summed E-state index contributed by atoms with van der Waals surface area (Å²) in [6.07, 6.45) is 2.36. The van der Waals surface area contributed by atoms with Gasteiger partial charge in [0.1, 0.15) is 5.75 Å². The number of carbonyl (C=O) groups excluding carboxylic acids is 1. The van der Waals surface area contributed by atoms with Crippen LogP contribution in [0.1, 0.15) is 37.4 Å². The van der Waals surface area contributed by atoms with Crippen molar-refractivity contribution in [1.29, 1.82) is 0 Å². The van der Waals surface area contributed by atoms with Crippen LogP contribution in [0, 0.1) is 0 Å².